The lowest BCUT2D eigenvalue weighted by atomic mass is 10.0. The molecular formula is C18H17N3O2. The molecule has 1 unspecified atom stereocenters. The van der Waals surface area contributed by atoms with Gasteiger partial charge in [-0.25, -0.2) is 0 Å². The van der Waals surface area contributed by atoms with Gasteiger partial charge < -0.3 is 10.2 Å². The largest absolute Gasteiger partial charge is 0.350 e. The fourth-order valence-corrected chi connectivity index (χ4v) is 2.78. The molecule has 1 aromatic heterocycles. The molecule has 0 spiro atoms. The van der Waals surface area contributed by atoms with Crippen LogP contribution in [0.2, 0.25) is 0 Å². The maximum absolute atomic E-state index is 12.7. The molecule has 0 aliphatic carbocycles. The van der Waals surface area contributed by atoms with Crippen LogP contribution < -0.4 is 5.32 Å². The minimum Gasteiger partial charge on any atom is -0.350 e. The molecule has 2 amide bonds. The average molecular weight is 307 g/mol. The lowest BCUT2D eigenvalue weighted by Crippen LogP contribution is -2.39. The molecule has 0 saturated carbocycles. The zero-order chi connectivity index (χ0) is 16.2. The van der Waals surface area contributed by atoms with E-state index in [9.17, 15) is 9.59 Å². The van der Waals surface area contributed by atoms with Crippen molar-refractivity contribution in [1.82, 2.24) is 15.2 Å². The normalized spacial score (nSPS) is 15.8. The van der Waals surface area contributed by atoms with E-state index in [0.717, 1.165) is 16.7 Å². The highest BCUT2D eigenvalue weighted by Gasteiger charge is 2.37. The number of hydrogen-bond donors (Lipinski definition) is 1. The highest BCUT2D eigenvalue weighted by Crippen LogP contribution is 2.33. The maximum atomic E-state index is 12.7. The number of carbonyl (C=O) groups is 2. The molecule has 1 atom stereocenters. The van der Waals surface area contributed by atoms with E-state index in [4.69, 9.17) is 0 Å². The summed E-state index contributed by atoms with van der Waals surface area (Å²) in [6.45, 7) is 4.35. The van der Waals surface area contributed by atoms with Crippen LogP contribution in [0.1, 0.15) is 22.7 Å². The van der Waals surface area contributed by atoms with E-state index >= 15 is 0 Å². The Kier molecular flexibility index (Phi) is 4.19. The Labute approximate surface area is 134 Å². The van der Waals surface area contributed by atoms with E-state index in [1.54, 1.807) is 17.3 Å². The number of carbonyl (C=O) groups excluding carboxylic acids is 2. The zero-order valence-electron chi connectivity index (χ0n) is 12.6. The molecule has 1 aliphatic rings. The highest BCUT2D eigenvalue weighted by atomic mass is 16.2. The molecule has 1 aliphatic heterocycles. The minimum atomic E-state index is -0.612. The lowest BCUT2D eigenvalue weighted by Gasteiger charge is -2.23. The Morgan fingerprint density at radius 2 is 2.00 bits per heavy atom. The Morgan fingerprint density at radius 3 is 2.74 bits per heavy atom. The van der Waals surface area contributed by atoms with Gasteiger partial charge in [0.2, 0.25) is 11.8 Å². The summed E-state index contributed by atoms with van der Waals surface area (Å²) in [6, 6.07) is 10.7. The third kappa shape index (κ3) is 2.99. The quantitative estimate of drug-likeness (QED) is 0.878. The molecule has 2 heterocycles. The molecule has 116 valence electrons. The van der Waals surface area contributed by atoms with Crippen molar-refractivity contribution < 1.29 is 9.59 Å². The van der Waals surface area contributed by atoms with Gasteiger partial charge in [0.05, 0.1) is 0 Å². The fourth-order valence-electron chi connectivity index (χ4n) is 2.78. The first kappa shape index (κ1) is 15.0. The molecule has 2 aromatic rings. The van der Waals surface area contributed by atoms with E-state index in [1.807, 2.05) is 36.4 Å². The van der Waals surface area contributed by atoms with E-state index in [1.165, 1.54) is 6.08 Å². The van der Waals surface area contributed by atoms with E-state index in [-0.39, 0.29) is 11.8 Å². The summed E-state index contributed by atoms with van der Waals surface area (Å²) in [7, 11) is 0. The average Bonchev–Trinajstić information content (AvgIpc) is 2.99. The molecule has 5 heteroatoms. The first-order valence-electron chi connectivity index (χ1n) is 7.38. The van der Waals surface area contributed by atoms with Gasteiger partial charge in [0.25, 0.3) is 0 Å². The molecule has 0 saturated heterocycles. The van der Waals surface area contributed by atoms with Crippen LogP contribution in [0.15, 0.2) is 61.4 Å². The van der Waals surface area contributed by atoms with Crippen LogP contribution in [0.5, 0.6) is 0 Å². The van der Waals surface area contributed by atoms with E-state index in [0.29, 0.717) is 13.1 Å². The summed E-state index contributed by atoms with van der Waals surface area (Å²) >= 11 is 0. The second-order valence-electron chi connectivity index (χ2n) is 5.34. The van der Waals surface area contributed by atoms with Gasteiger partial charge in [-0.3, -0.25) is 14.6 Å². The molecule has 0 fully saturated rings. The van der Waals surface area contributed by atoms with Crippen LogP contribution in [-0.4, -0.2) is 21.7 Å². The van der Waals surface area contributed by atoms with E-state index in [2.05, 4.69) is 16.9 Å². The second kappa shape index (κ2) is 6.44. The summed E-state index contributed by atoms with van der Waals surface area (Å²) in [5, 5.41) is 2.90. The number of fused-ring (bicyclic) bond motifs is 1. The van der Waals surface area contributed by atoms with Crippen LogP contribution in [0.4, 0.5) is 0 Å². The fraction of sp³-hybridized carbons (Fsp3) is 0.167. The molecule has 3 rings (SSSR count). The number of hydrogen-bond acceptors (Lipinski definition) is 3. The maximum Gasteiger partial charge on any atom is 0.247 e. The molecule has 0 radical (unpaired) electrons. The first-order chi connectivity index (χ1) is 11.2. The monoisotopic (exact) mass is 307 g/mol. The van der Waals surface area contributed by atoms with Crippen molar-refractivity contribution in [1.29, 1.82) is 0 Å². The third-order valence-electron chi connectivity index (χ3n) is 3.92. The number of pyridine rings is 1. The van der Waals surface area contributed by atoms with Crippen molar-refractivity contribution in [3.05, 3.63) is 78.1 Å². The summed E-state index contributed by atoms with van der Waals surface area (Å²) in [5.41, 5.74) is 2.82. The lowest BCUT2D eigenvalue weighted by molar-refractivity contribution is -0.137. The summed E-state index contributed by atoms with van der Waals surface area (Å²) in [4.78, 5) is 30.2. The Morgan fingerprint density at radius 1 is 1.26 bits per heavy atom. The minimum absolute atomic E-state index is 0.193. The molecular weight excluding hydrogens is 290 g/mol. The van der Waals surface area contributed by atoms with Crippen molar-refractivity contribution in [2.45, 2.75) is 19.1 Å². The number of rotatable bonds is 4. The topological polar surface area (TPSA) is 62.3 Å². The van der Waals surface area contributed by atoms with Gasteiger partial charge in [0, 0.05) is 25.5 Å². The predicted molar refractivity (Wildman–Crippen MR) is 86.0 cm³/mol. The van der Waals surface area contributed by atoms with Crippen LogP contribution in [-0.2, 0) is 22.7 Å². The Hall–Kier alpha value is -2.95. The van der Waals surface area contributed by atoms with Gasteiger partial charge in [-0.2, -0.15) is 0 Å². The highest BCUT2D eigenvalue weighted by molar-refractivity contribution is 5.94. The summed E-state index contributed by atoms with van der Waals surface area (Å²) in [5.74, 6) is -0.438. The predicted octanol–water partition coefficient (Wildman–Crippen LogP) is 1.97. The molecule has 5 nitrogen and oxygen atoms in total. The number of nitrogens with zero attached hydrogens (tertiary/aromatic N) is 2. The van der Waals surface area contributed by atoms with Gasteiger partial charge in [0.15, 0.2) is 0 Å². The van der Waals surface area contributed by atoms with Gasteiger partial charge in [-0.05, 0) is 34.9 Å². The van der Waals surface area contributed by atoms with Crippen molar-refractivity contribution in [3.63, 3.8) is 0 Å². The van der Waals surface area contributed by atoms with Crippen molar-refractivity contribution in [2.24, 2.45) is 0 Å². The first-order valence-corrected chi connectivity index (χ1v) is 7.38. The summed E-state index contributed by atoms with van der Waals surface area (Å²) < 4.78 is 0. The van der Waals surface area contributed by atoms with Crippen LogP contribution in [0.3, 0.4) is 0 Å². The van der Waals surface area contributed by atoms with Crippen LogP contribution in [0.25, 0.3) is 0 Å². The number of amides is 2. The van der Waals surface area contributed by atoms with Gasteiger partial charge in [-0.1, -0.05) is 30.8 Å². The third-order valence-corrected chi connectivity index (χ3v) is 3.92. The SMILES string of the molecule is C=CC(=O)N1Cc2ccccc2C1C(=O)NCc1ccncc1. The zero-order valence-corrected chi connectivity index (χ0v) is 12.6. The summed E-state index contributed by atoms with van der Waals surface area (Å²) in [6.07, 6.45) is 4.61. The standard InChI is InChI=1S/C18H17N3O2/c1-2-16(22)21-12-14-5-3-4-6-15(14)17(21)18(23)20-11-13-7-9-19-10-8-13/h2-10,17H,1,11-12H2,(H,20,23). The Bertz CT molecular complexity index is 743. The van der Waals surface area contributed by atoms with E-state index < -0.39 is 6.04 Å². The Balaban J connectivity index is 1.81. The molecule has 1 N–H and O–H groups in total. The molecule has 0 bridgehead atoms. The van der Waals surface area contributed by atoms with Gasteiger partial charge in [-0.15, -0.1) is 0 Å². The van der Waals surface area contributed by atoms with Crippen molar-refractivity contribution in [2.75, 3.05) is 0 Å². The van der Waals surface area contributed by atoms with Crippen LogP contribution >= 0.6 is 0 Å². The molecule has 23 heavy (non-hydrogen) atoms. The van der Waals surface area contributed by atoms with Gasteiger partial charge >= 0.3 is 0 Å². The number of nitrogens with one attached hydrogen (secondary N) is 1. The molecule has 1 aromatic carbocycles. The van der Waals surface area contributed by atoms with Crippen molar-refractivity contribution in [3.8, 4) is 0 Å². The van der Waals surface area contributed by atoms with Gasteiger partial charge in [0.1, 0.15) is 6.04 Å². The number of aromatic nitrogens is 1. The van der Waals surface area contributed by atoms with Crippen molar-refractivity contribution >= 4 is 11.8 Å². The smallest absolute Gasteiger partial charge is 0.247 e. The second-order valence-corrected chi connectivity index (χ2v) is 5.34. The van der Waals surface area contributed by atoms with Crippen LogP contribution in [0, 0.1) is 0 Å². The number of benzene rings is 1.